The molecule has 1 aromatic carbocycles. The van der Waals surface area contributed by atoms with Gasteiger partial charge in [0.1, 0.15) is 17.1 Å². The number of amides is 1. The summed E-state index contributed by atoms with van der Waals surface area (Å²) in [6.07, 6.45) is 2.49. The largest absolute Gasteiger partial charge is 0.472 e. The van der Waals surface area contributed by atoms with Crippen LogP contribution in [0, 0.1) is 0 Å². The number of ether oxygens (including phenoxy) is 1. The number of likely N-dealkylation sites (tertiary alicyclic amines) is 1. The van der Waals surface area contributed by atoms with Crippen LogP contribution in [0.15, 0.2) is 42.6 Å². The van der Waals surface area contributed by atoms with Crippen LogP contribution in [-0.2, 0) is 0 Å². The van der Waals surface area contributed by atoms with Gasteiger partial charge in [-0.05, 0) is 24.3 Å². The van der Waals surface area contributed by atoms with E-state index in [1.165, 1.54) is 0 Å². The van der Waals surface area contributed by atoms with Crippen LogP contribution in [0.3, 0.4) is 0 Å². The van der Waals surface area contributed by atoms with Crippen molar-refractivity contribution in [2.75, 3.05) is 13.1 Å². The standard InChI is InChI=1S/C16H14N4O2S/c21-16(11-4-5-13-14(9-11)19-23-18-13)20-8-6-12(10-20)22-15-3-1-2-7-17-15/h1-5,7,9,12H,6,8,10H2. The average molecular weight is 326 g/mol. The van der Waals surface area contributed by atoms with Gasteiger partial charge in [-0.2, -0.15) is 8.75 Å². The molecular weight excluding hydrogens is 312 g/mol. The molecule has 0 spiro atoms. The molecular formula is C16H14N4O2S. The van der Waals surface area contributed by atoms with E-state index in [0.29, 0.717) is 24.5 Å². The smallest absolute Gasteiger partial charge is 0.254 e. The number of rotatable bonds is 3. The molecule has 0 saturated carbocycles. The van der Waals surface area contributed by atoms with E-state index in [1.807, 2.05) is 29.2 Å². The Hall–Kier alpha value is -2.54. The summed E-state index contributed by atoms with van der Waals surface area (Å²) >= 11 is 1.16. The van der Waals surface area contributed by atoms with E-state index in [2.05, 4.69) is 13.7 Å². The molecule has 0 bridgehead atoms. The monoisotopic (exact) mass is 326 g/mol. The molecule has 7 heteroatoms. The summed E-state index contributed by atoms with van der Waals surface area (Å²) in [7, 11) is 0. The zero-order valence-electron chi connectivity index (χ0n) is 12.3. The summed E-state index contributed by atoms with van der Waals surface area (Å²) < 4.78 is 14.2. The van der Waals surface area contributed by atoms with Crippen molar-refractivity contribution in [3.63, 3.8) is 0 Å². The lowest BCUT2D eigenvalue weighted by atomic mass is 10.2. The van der Waals surface area contributed by atoms with E-state index < -0.39 is 0 Å². The Labute approximate surface area is 137 Å². The highest BCUT2D eigenvalue weighted by molar-refractivity contribution is 7.00. The van der Waals surface area contributed by atoms with Crippen LogP contribution < -0.4 is 4.74 Å². The minimum atomic E-state index is -0.0153. The molecule has 1 aliphatic rings. The van der Waals surface area contributed by atoms with E-state index in [1.54, 1.807) is 18.3 Å². The van der Waals surface area contributed by atoms with Gasteiger partial charge in [0.25, 0.3) is 5.91 Å². The fraction of sp³-hybridized carbons (Fsp3) is 0.250. The first-order chi connectivity index (χ1) is 11.3. The van der Waals surface area contributed by atoms with Crippen molar-refractivity contribution < 1.29 is 9.53 Å². The summed E-state index contributed by atoms with van der Waals surface area (Å²) in [4.78, 5) is 18.6. The van der Waals surface area contributed by atoms with Crippen LogP contribution in [-0.4, -0.2) is 43.7 Å². The molecule has 6 nitrogen and oxygen atoms in total. The Balaban J connectivity index is 1.45. The minimum Gasteiger partial charge on any atom is -0.472 e. The number of pyridine rings is 1. The van der Waals surface area contributed by atoms with E-state index in [4.69, 9.17) is 4.74 Å². The lowest BCUT2D eigenvalue weighted by Gasteiger charge is -2.17. The number of benzene rings is 1. The van der Waals surface area contributed by atoms with Crippen LogP contribution >= 0.6 is 11.7 Å². The van der Waals surface area contributed by atoms with Crippen molar-refractivity contribution in [1.82, 2.24) is 18.6 Å². The maximum atomic E-state index is 12.6. The fourth-order valence-electron chi connectivity index (χ4n) is 2.69. The summed E-state index contributed by atoms with van der Waals surface area (Å²) in [5.41, 5.74) is 2.23. The highest BCUT2D eigenvalue weighted by Crippen LogP contribution is 2.20. The van der Waals surface area contributed by atoms with E-state index >= 15 is 0 Å². The predicted octanol–water partition coefficient (Wildman–Crippen LogP) is 2.38. The number of carbonyl (C=O) groups is 1. The van der Waals surface area contributed by atoms with E-state index in [9.17, 15) is 4.79 Å². The first-order valence-electron chi connectivity index (χ1n) is 7.39. The third-order valence-electron chi connectivity index (χ3n) is 3.86. The van der Waals surface area contributed by atoms with Crippen LogP contribution in [0.1, 0.15) is 16.8 Å². The Bertz CT molecular complexity index is 836. The second-order valence-electron chi connectivity index (χ2n) is 5.42. The van der Waals surface area contributed by atoms with Crippen LogP contribution in [0.4, 0.5) is 0 Å². The van der Waals surface area contributed by atoms with E-state index in [-0.39, 0.29) is 12.0 Å². The molecule has 23 heavy (non-hydrogen) atoms. The molecule has 0 radical (unpaired) electrons. The summed E-state index contributed by atoms with van der Waals surface area (Å²) in [6.45, 7) is 1.26. The Kier molecular flexibility index (Phi) is 3.63. The predicted molar refractivity (Wildman–Crippen MR) is 86.6 cm³/mol. The third kappa shape index (κ3) is 2.87. The molecule has 116 valence electrons. The Morgan fingerprint density at radius 3 is 3.00 bits per heavy atom. The first-order valence-corrected chi connectivity index (χ1v) is 8.12. The molecule has 2 aromatic heterocycles. The van der Waals surface area contributed by atoms with Crippen molar-refractivity contribution in [2.24, 2.45) is 0 Å². The first kappa shape index (κ1) is 14.1. The summed E-state index contributed by atoms with van der Waals surface area (Å²) in [5.74, 6) is 0.605. The second kappa shape index (κ2) is 5.92. The maximum absolute atomic E-state index is 12.6. The summed E-state index contributed by atoms with van der Waals surface area (Å²) in [6, 6.07) is 11.0. The highest BCUT2D eigenvalue weighted by atomic mass is 32.1. The normalized spacial score (nSPS) is 17.6. The second-order valence-corrected chi connectivity index (χ2v) is 5.94. The molecule has 1 fully saturated rings. The summed E-state index contributed by atoms with van der Waals surface area (Å²) in [5, 5.41) is 0. The van der Waals surface area contributed by atoms with Gasteiger partial charge in [-0.25, -0.2) is 4.98 Å². The SMILES string of the molecule is O=C(c1ccc2nsnc2c1)N1CCC(Oc2ccccn2)C1. The third-order valence-corrected chi connectivity index (χ3v) is 4.41. The number of hydrogen-bond acceptors (Lipinski definition) is 6. The molecule has 0 aliphatic carbocycles. The Morgan fingerprint density at radius 2 is 2.13 bits per heavy atom. The number of aromatic nitrogens is 3. The van der Waals surface area contributed by atoms with Crippen LogP contribution in [0.2, 0.25) is 0 Å². The van der Waals surface area contributed by atoms with Gasteiger partial charge in [0, 0.05) is 30.8 Å². The van der Waals surface area contributed by atoms with Crippen molar-refractivity contribution in [2.45, 2.75) is 12.5 Å². The van der Waals surface area contributed by atoms with Gasteiger partial charge in [-0.3, -0.25) is 4.79 Å². The molecule has 4 rings (SSSR count). The zero-order valence-corrected chi connectivity index (χ0v) is 13.1. The number of carbonyl (C=O) groups excluding carboxylic acids is 1. The zero-order chi connectivity index (χ0) is 15.6. The van der Waals surface area contributed by atoms with Gasteiger partial charge in [-0.1, -0.05) is 6.07 Å². The molecule has 1 aliphatic heterocycles. The number of fused-ring (bicyclic) bond motifs is 1. The molecule has 1 unspecified atom stereocenters. The van der Waals surface area contributed by atoms with Gasteiger partial charge < -0.3 is 9.64 Å². The van der Waals surface area contributed by atoms with E-state index in [0.717, 1.165) is 29.2 Å². The van der Waals surface area contributed by atoms with Gasteiger partial charge in [0.15, 0.2) is 0 Å². The molecule has 0 N–H and O–H groups in total. The topological polar surface area (TPSA) is 68.2 Å². The number of hydrogen-bond donors (Lipinski definition) is 0. The van der Waals surface area contributed by atoms with Crippen molar-refractivity contribution >= 4 is 28.7 Å². The van der Waals surface area contributed by atoms with Crippen molar-refractivity contribution in [3.8, 4) is 5.88 Å². The lowest BCUT2D eigenvalue weighted by Crippen LogP contribution is -2.31. The number of nitrogens with zero attached hydrogens (tertiary/aromatic N) is 4. The molecule has 1 amide bonds. The van der Waals surface area contributed by atoms with Gasteiger partial charge >= 0.3 is 0 Å². The fourth-order valence-corrected chi connectivity index (χ4v) is 3.21. The molecule has 1 atom stereocenters. The molecule has 1 saturated heterocycles. The van der Waals surface area contributed by atoms with Crippen LogP contribution in [0.25, 0.3) is 11.0 Å². The van der Waals surface area contributed by atoms with Crippen molar-refractivity contribution in [3.05, 3.63) is 48.2 Å². The van der Waals surface area contributed by atoms with Gasteiger partial charge in [-0.15, -0.1) is 0 Å². The quantitative estimate of drug-likeness (QED) is 0.739. The lowest BCUT2D eigenvalue weighted by molar-refractivity contribution is 0.0771. The average Bonchev–Trinajstić information content (AvgIpc) is 3.23. The van der Waals surface area contributed by atoms with Crippen molar-refractivity contribution in [1.29, 1.82) is 0 Å². The maximum Gasteiger partial charge on any atom is 0.254 e. The molecule has 3 heterocycles. The van der Waals surface area contributed by atoms with Gasteiger partial charge in [0.2, 0.25) is 5.88 Å². The van der Waals surface area contributed by atoms with Gasteiger partial charge in [0.05, 0.1) is 18.3 Å². The molecule has 3 aromatic rings. The highest BCUT2D eigenvalue weighted by Gasteiger charge is 2.28. The Morgan fingerprint density at radius 1 is 1.22 bits per heavy atom. The van der Waals surface area contributed by atoms with Crippen LogP contribution in [0.5, 0.6) is 5.88 Å². The minimum absolute atomic E-state index is 0.00650.